The van der Waals surface area contributed by atoms with Gasteiger partial charge in [0.05, 0.1) is 5.56 Å². The van der Waals surface area contributed by atoms with Crippen molar-refractivity contribution in [2.45, 2.75) is 66.9 Å². The Hall–Kier alpha value is -3.26. The predicted octanol–water partition coefficient (Wildman–Crippen LogP) is 4.19. The van der Waals surface area contributed by atoms with Crippen LogP contribution in [0.15, 0.2) is 34.8 Å². The van der Waals surface area contributed by atoms with Crippen LogP contribution >= 0.6 is 0 Å². The van der Waals surface area contributed by atoms with Gasteiger partial charge in [0.2, 0.25) is 5.78 Å². The minimum atomic E-state index is -2.65. The van der Waals surface area contributed by atoms with E-state index >= 15 is 0 Å². The van der Waals surface area contributed by atoms with E-state index in [1.165, 1.54) is 12.1 Å². The summed E-state index contributed by atoms with van der Waals surface area (Å²) in [6.07, 6.45) is 0.0558. The molecule has 0 heterocycles. The van der Waals surface area contributed by atoms with Crippen molar-refractivity contribution in [2.24, 2.45) is 28.6 Å². The van der Waals surface area contributed by atoms with E-state index in [-0.39, 0.29) is 47.3 Å². The number of phenols is 1. The molecule has 4 N–H and O–H groups in total. The van der Waals surface area contributed by atoms with Crippen molar-refractivity contribution in [1.82, 2.24) is 0 Å². The monoisotopic (exact) mass is 510 g/mol. The summed E-state index contributed by atoms with van der Waals surface area (Å²) in [5, 5.41) is 45.4. The van der Waals surface area contributed by atoms with Crippen molar-refractivity contribution >= 4 is 23.1 Å². The lowest BCUT2D eigenvalue weighted by Crippen LogP contribution is -2.67. The Morgan fingerprint density at radius 3 is 2.14 bits per heavy atom. The van der Waals surface area contributed by atoms with Crippen molar-refractivity contribution in [3.8, 4) is 5.75 Å². The second kappa shape index (κ2) is 8.12. The van der Waals surface area contributed by atoms with Gasteiger partial charge < -0.3 is 20.4 Å². The van der Waals surface area contributed by atoms with E-state index in [1.54, 1.807) is 41.5 Å². The maximum atomic E-state index is 13.9. The van der Waals surface area contributed by atoms with Crippen LogP contribution < -0.4 is 0 Å². The quantitative estimate of drug-likeness (QED) is 0.348. The number of phenolic OH excluding ortho intramolecular Hbond substituents is 1. The number of ketones is 4. The zero-order valence-electron chi connectivity index (χ0n) is 22.2. The molecule has 8 nitrogen and oxygen atoms in total. The molecule has 3 aliphatic rings. The third-order valence-corrected chi connectivity index (χ3v) is 8.68. The van der Waals surface area contributed by atoms with Gasteiger partial charge in [0, 0.05) is 33.8 Å². The smallest absolute Gasteiger partial charge is 0.209 e. The first kappa shape index (κ1) is 26.8. The highest BCUT2D eigenvalue weighted by Crippen LogP contribution is 2.65. The van der Waals surface area contributed by atoms with Crippen LogP contribution in [0.25, 0.3) is 0 Å². The molecule has 0 spiro atoms. The molecule has 1 aromatic carbocycles. The molecule has 0 saturated heterocycles. The van der Waals surface area contributed by atoms with E-state index < -0.39 is 56.8 Å². The average molecular weight is 511 g/mol. The van der Waals surface area contributed by atoms with E-state index in [2.05, 4.69) is 0 Å². The number of carbonyl (C=O) groups is 4. The van der Waals surface area contributed by atoms with Gasteiger partial charge in [0.25, 0.3) is 0 Å². The molecular weight excluding hydrogens is 476 g/mol. The molecule has 37 heavy (non-hydrogen) atoms. The van der Waals surface area contributed by atoms with Gasteiger partial charge in [0.15, 0.2) is 23.0 Å². The number of aliphatic hydroxyl groups is 3. The molecule has 0 aromatic heterocycles. The number of Topliss-reactive ketones (excluding diaryl/α,β-unsaturated/α-hetero) is 4. The van der Waals surface area contributed by atoms with Gasteiger partial charge in [0.1, 0.15) is 22.8 Å². The number of hydrogen-bond acceptors (Lipinski definition) is 8. The second-order valence-electron chi connectivity index (χ2n) is 12.0. The number of benzene rings is 1. The van der Waals surface area contributed by atoms with Gasteiger partial charge >= 0.3 is 0 Å². The highest BCUT2D eigenvalue weighted by atomic mass is 16.3. The number of hydrogen-bond donors (Lipinski definition) is 4. The van der Waals surface area contributed by atoms with Gasteiger partial charge in [-0.05, 0) is 43.4 Å². The summed E-state index contributed by atoms with van der Waals surface area (Å²) in [5.41, 5.74) is -5.63. The van der Waals surface area contributed by atoms with Crippen molar-refractivity contribution in [2.75, 3.05) is 0 Å². The van der Waals surface area contributed by atoms with Crippen molar-refractivity contribution in [1.29, 1.82) is 0 Å². The van der Waals surface area contributed by atoms with Gasteiger partial charge in [-0.1, -0.05) is 41.5 Å². The molecule has 0 saturated carbocycles. The molecule has 0 aliphatic heterocycles. The maximum absolute atomic E-state index is 13.9. The zero-order chi connectivity index (χ0) is 28.0. The number of allylic oxidation sites excluding steroid dienone is 2. The number of fused-ring (bicyclic) bond motifs is 3. The third kappa shape index (κ3) is 3.24. The van der Waals surface area contributed by atoms with E-state index in [0.29, 0.717) is 11.1 Å². The van der Waals surface area contributed by atoms with Gasteiger partial charge in [-0.15, -0.1) is 0 Å². The van der Waals surface area contributed by atoms with Crippen molar-refractivity contribution < 1.29 is 39.6 Å². The lowest BCUT2D eigenvalue weighted by molar-refractivity contribution is -0.171. The number of rotatable bonds is 4. The molecule has 1 aromatic rings. The first-order chi connectivity index (χ1) is 17.0. The summed E-state index contributed by atoms with van der Waals surface area (Å²) in [6.45, 7) is 11.4. The largest absolute Gasteiger partial charge is 0.511 e. The first-order valence-corrected chi connectivity index (χ1v) is 12.5. The van der Waals surface area contributed by atoms with E-state index in [4.69, 9.17) is 0 Å². The number of aromatic hydroxyl groups is 1. The van der Waals surface area contributed by atoms with Gasteiger partial charge in [-0.25, -0.2) is 0 Å². The van der Waals surface area contributed by atoms with Crippen LogP contribution in [0.2, 0.25) is 0 Å². The fraction of sp³-hybridized carbons (Fsp3) is 0.517. The lowest BCUT2D eigenvalue weighted by Gasteiger charge is -2.59. The summed E-state index contributed by atoms with van der Waals surface area (Å²) >= 11 is 0. The fourth-order valence-corrected chi connectivity index (χ4v) is 7.27. The molecule has 198 valence electrons. The fourth-order valence-electron chi connectivity index (χ4n) is 7.27. The molecule has 3 aliphatic carbocycles. The lowest BCUT2D eigenvalue weighted by atomic mass is 9.44. The Morgan fingerprint density at radius 2 is 1.62 bits per heavy atom. The molecule has 8 heteroatoms. The Morgan fingerprint density at radius 1 is 1.03 bits per heavy atom. The Balaban J connectivity index is 2.08. The van der Waals surface area contributed by atoms with Crippen LogP contribution in [0.3, 0.4) is 0 Å². The molecule has 4 rings (SSSR count). The van der Waals surface area contributed by atoms with Crippen molar-refractivity contribution in [3.63, 3.8) is 0 Å². The van der Waals surface area contributed by atoms with Gasteiger partial charge in [-0.3, -0.25) is 19.2 Å². The third-order valence-electron chi connectivity index (χ3n) is 8.68. The van der Waals surface area contributed by atoms with Crippen LogP contribution in [-0.2, 0) is 16.0 Å². The van der Waals surface area contributed by atoms with Crippen LogP contribution in [-0.4, -0.2) is 49.2 Å². The van der Waals surface area contributed by atoms with Crippen LogP contribution in [0.1, 0.15) is 81.2 Å². The summed E-state index contributed by atoms with van der Waals surface area (Å²) in [5.74, 6) is -6.22. The highest BCUT2D eigenvalue weighted by Gasteiger charge is 2.71. The Bertz CT molecular complexity index is 1350. The van der Waals surface area contributed by atoms with E-state index in [9.17, 15) is 39.6 Å². The Labute approximate surface area is 215 Å². The molecule has 4 atom stereocenters. The van der Waals surface area contributed by atoms with Crippen LogP contribution in [0.4, 0.5) is 0 Å². The normalized spacial score (nSPS) is 31.5. The molecule has 0 bridgehead atoms. The van der Waals surface area contributed by atoms with E-state index in [1.807, 2.05) is 0 Å². The zero-order valence-corrected chi connectivity index (χ0v) is 22.2. The SMILES string of the molecule is CC(=O)C1=C(O)C(C(C)C)[C@@]2(C)C[C@@]3(C)Cc4c(C(=O)C(C)C)ccc(O)c4C(=O)C3=C(O)[C@@]2(O)C1=O. The Kier molecular flexibility index (Phi) is 5.88. The minimum Gasteiger partial charge on any atom is -0.511 e. The molecule has 0 fully saturated rings. The topological polar surface area (TPSA) is 149 Å². The maximum Gasteiger partial charge on any atom is 0.209 e. The van der Waals surface area contributed by atoms with Crippen LogP contribution in [0, 0.1) is 28.6 Å². The highest BCUT2D eigenvalue weighted by molar-refractivity contribution is 6.25. The van der Waals surface area contributed by atoms with Gasteiger partial charge in [-0.2, -0.15) is 0 Å². The predicted molar refractivity (Wildman–Crippen MR) is 134 cm³/mol. The van der Waals surface area contributed by atoms with E-state index in [0.717, 1.165) is 6.92 Å². The molecular formula is C29H34O8. The molecule has 0 amide bonds. The summed E-state index contributed by atoms with van der Waals surface area (Å²) in [4.78, 5) is 53.0. The van der Waals surface area contributed by atoms with Crippen LogP contribution in [0.5, 0.6) is 5.75 Å². The standard InChI is InChI=1S/C29H34O8/c1-12(2)20-23(33)18(14(5)30)25(35)29(37)26(36)21-24(34)19-16(10-27(21,6)11-28(20,29)7)15(8-9-17(19)31)22(32)13(3)4/h8-9,12-13,20,31,33,36-37H,10-11H2,1-7H3/t20?,27-,28-,29+/m1/s1. The second-order valence-corrected chi connectivity index (χ2v) is 12.0. The number of aliphatic hydroxyl groups excluding tert-OH is 2. The number of carbonyl (C=O) groups excluding carboxylic acids is 4. The average Bonchev–Trinajstić information content (AvgIpc) is 2.75. The summed E-state index contributed by atoms with van der Waals surface area (Å²) in [6, 6.07) is 2.74. The first-order valence-electron chi connectivity index (χ1n) is 12.5. The summed E-state index contributed by atoms with van der Waals surface area (Å²) in [7, 11) is 0. The van der Waals surface area contributed by atoms with Crippen molar-refractivity contribution in [3.05, 3.63) is 51.5 Å². The molecule has 0 radical (unpaired) electrons. The summed E-state index contributed by atoms with van der Waals surface area (Å²) < 4.78 is 0. The molecule has 1 unspecified atom stereocenters. The minimum absolute atomic E-state index is 0.0180.